The van der Waals surface area contributed by atoms with Crippen LogP contribution in [0.2, 0.25) is 0 Å². The summed E-state index contributed by atoms with van der Waals surface area (Å²) >= 11 is 0. The van der Waals surface area contributed by atoms with Crippen LogP contribution in [0.5, 0.6) is 0 Å². The molecule has 7 nitrogen and oxygen atoms in total. The fourth-order valence-corrected chi connectivity index (χ4v) is 2.36. The molecule has 1 aromatic rings. The van der Waals surface area contributed by atoms with Crippen LogP contribution in [0.25, 0.3) is 0 Å². The van der Waals surface area contributed by atoms with Gasteiger partial charge in [0.2, 0.25) is 11.7 Å². The number of nitrogens with zero attached hydrogens (tertiary/aromatic N) is 1. The van der Waals surface area contributed by atoms with Gasteiger partial charge >= 0.3 is 12.1 Å². The van der Waals surface area contributed by atoms with Gasteiger partial charge in [0.25, 0.3) is 0 Å². The van der Waals surface area contributed by atoms with Crippen molar-refractivity contribution in [2.75, 3.05) is 6.61 Å². The maximum absolute atomic E-state index is 12.6. The Morgan fingerprint density at radius 2 is 1.96 bits per heavy atom. The summed E-state index contributed by atoms with van der Waals surface area (Å²) < 4.78 is 43.6. The number of hydrogen-bond donors (Lipinski definition) is 2. The SMILES string of the molecule is Cc1cc(C(=O)COC(=O)C2=CCC(=O)NN2)c(C)n1CC(F)(F)F. The molecule has 0 atom stereocenters. The van der Waals surface area contributed by atoms with Crippen LogP contribution in [-0.2, 0) is 20.9 Å². The largest absolute Gasteiger partial charge is 0.453 e. The molecular weight excluding hydrogens is 343 g/mol. The lowest BCUT2D eigenvalue weighted by molar-refractivity contribution is -0.141. The first-order valence-electron chi connectivity index (χ1n) is 7.27. The number of aromatic nitrogens is 1. The number of rotatable bonds is 5. The first-order chi connectivity index (χ1) is 11.6. The lowest BCUT2D eigenvalue weighted by atomic mass is 10.1. The van der Waals surface area contributed by atoms with Crippen molar-refractivity contribution in [2.45, 2.75) is 33.0 Å². The number of Topliss-reactive ketones (excluding diaryl/α,β-unsaturated/α-hetero) is 1. The van der Waals surface area contributed by atoms with E-state index < -0.39 is 31.1 Å². The highest BCUT2D eigenvalue weighted by molar-refractivity contribution is 6.00. The Hall–Kier alpha value is -2.78. The van der Waals surface area contributed by atoms with E-state index in [1.807, 2.05) is 0 Å². The zero-order chi connectivity index (χ0) is 18.8. The van der Waals surface area contributed by atoms with E-state index in [1.54, 1.807) is 0 Å². The van der Waals surface area contributed by atoms with E-state index in [-0.39, 0.29) is 35.0 Å². The summed E-state index contributed by atoms with van der Waals surface area (Å²) in [6.07, 6.45) is -3.12. The first-order valence-corrected chi connectivity index (χ1v) is 7.27. The smallest absolute Gasteiger partial charge is 0.406 e. The average Bonchev–Trinajstić information content (AvgIpc) is 2.79. The zero-order valence-electron chi connectivity index (χ0n) is 13.5. The molecule has 0 bridgehead atoms. The highest BCUT2D eigenvalue weighted by atomic mass is 19.4. The first kappa shape index (κ1) is 18.6. The van der Waals surface area contributed by atoms with Crippen LogP contribution in [0.3, 0.4) is 0 Å². The molecule has 0 saturated carbocycles. The predicted molar refractivity (Wildman–Crippen MR) is 79.2 cm³/mol. The van der Waals surface area contributed by atoms with E-state index in [4.69, 9.17) is 4.74 Å². The van der Waals surface area contributed by atoms with Gasteiger partial charge in [0.05, 0.1) is 0 Å². The van der Waals surface area contributed by atoms with Gasteiger partial charge < -0.3 is 9.30 Å². The number of aryl methyl sites for hydroxylation is 1. The number of hydrazine groups is 1. The Kier molecular flexibility index (Phi) is 5.19. The molecule has 2 N–H and O–H groups in total. The predicted octanol–water partition coefficient (Wildman–Crippen LogP) is 1.30. The fourth-order valence-electron chi connectivity index (χ4n) is 2.36. The molecule has 1 aliphatic heterocycles. The van der Waals surface area contributed by atoms with Gasteiger partial charge in [-0.15, -0.1) is 0 Å². The van der Waals surface area contributed by atoms with E-state index in [0.717, 1.165) is 4.57 Å². The molecule has 10 heteroatoms. The van der Waals surface area contributed by atoms with Gasteiger partial charge in [-0.25, -0.2) is 4.79 Å². The fraction of sp³-hybridized carbons (Fsp3) is 0.400. The Balaban J connectivity index is 2.03. The molecule has 0 radical (unpaired) electrons. The summed E-state index contributed by atoms with van der Waals surface area (Å²) in [6.45, 7) is 1.03. The van der Waals surface area contributed by atoms with Gasteiger partial charge in [-0.2, -0.15) is 13.2 Å². The second-order valence-corrected chi connectivity index (χ2v) is 5.48. The quantitative estimate of drug-likeness (QED) is 0.611. The monoisotopic (exact) mass is 359 g/mol. The number of hydrogen-bond acceptors (Lipinski definition) is 5. The van der Waals surface area contributed by atoms with Crippen molar-refractivity contribution in [1.29, 1.82) is 0 Å². The van der Waals surface area contributed by atoms with Crippen LogP contribution in [0.4, 0.5) is 13.2 Å². The second-order valence-electron chi connectivity index (χ2n) is 5.48. The molecule has 0 saturated heterocycles. The maximum atomic E-state index is 12.6. The highest BCUT2D eigenvalue weighted by Gasteiger charge is 2.30. The molecular formula is C15H16F3N3O4. The second kappa shape index (κ2) is 6.99. The minimum atomic E-state index is -4.41. The van der Waals surface area contributed by atoms with E-state index in [9.17, 15) is 27.6 Å². The van der Waals surface area contributed by atoms with Crippen molar-refractivity contribution in [3.05, 3.63) is 34.8 Å². The van der Waals surface area contributed by atoms with Crippen molar-refractivity contribution in [1.82, 2.24) is 15.4 Å². The minimum Gasteiger partial charge on any atom is -0.453 e. The molecule has 25 heavy (non-hydrogen) atoms. The van der Waals surface area contributed by atoms with E-state index >= 15 is 0 Å². The van der Waals surface area contributed by atoms with Crippen LogP contribution in [-0.4, -0.2) is 35.0 Å². The molecule has 0 fully saturated rings. The number of ether oxygens (including phenoxy) is 1. The van der Waals surface area contributed by atoms with E-state index in [2.05, 4.69) is 10.9 Å². The molecule has 136 valence electrons. The Morgan fingerprint density at radius 1 is 1.28 bits per heavy atom. The molecule has 0 aliphatic carbocycles. The molecule has 1 aromatic heterocycles. The standard InChI is InChI=1S/C15H16F3N3O4/c1-8-5-10(9(2)21(8)7-15(16,17)18)12(22)6-25-14(24)11-3-4-13(23)20-19-11/h3,5,19H,4,6-7H2,1-2H3,(H,20,23). The van der Waals surface area contributed by atoms with Gasteiger partial charge in [-0.3, -0.25) is 20.4 Å². The lowest BCUT2D eigenvalue weighted by Gasteiger charge is -2.15. The highest BCUT2D eigenvalue weighted by Crippen LogP contribution is 2.23. The molecule has 2 rings (SSSR count). The number of esters is 1. The lowest BCUT2D eigenvalue weighted by Crippen LogP contribution is -2.42. The normalized spacial score (nSPS) is 14.4. The number of halogens is 3. The van der Waals surface area contributed by atoms with Gasteiger partial charge in [0, 0.05) is 23.4 Å². The minimum absolute atomic E-state index is 0.00994. The van der Waals surface area contributed by atoms with Crippen molar-refractivity contribution in [2.24, 2.45) is 0 Å². The third-order valence-electron chi connectivity index (χ3n) is 3.59. The zero-order valence-corrected chi connectivity index (χ0v) is 13.5. The Bertz CT molecular complexity index is 750. The third kappa shape index (κ3) is 4.61. The molecule has 0 aromatic carbocycles. The molecule has 1 amide bonds. The number of alkyl halides is 3. The average molecular weight is 359 g/mol. The Morgan fingerprint density at radius 3 is 2.52 bits per heavy atom. The topological polar surface area (TPSA) is 89.4 Å². The van der Waals surface area contributed by atoms with Gasteiger partial charge in [0.15, 0.2) is 6.61 Å². The summed E-state index contributed by atoms with van der Waals surface area (Å²) in [4.78, 5) is 34.9. The van der Waals surface area contributed by atoms with E-state index in [1.165, 1.54) is 26.0 Å². The van der Waals surface area contributed by atoms with Crippen LogP contribution < -0.4 is 10.9 Å². The summed E-state index contributed by atoms with van der Waals surface area (Å²) in [5.74, 6) is -1.79. The van der Waals surface area contributed by atoms with Crippen molar-refractivity contribution in [3.8, 4) is 0 Å². The number of nitrogens with one attached hydrogen (secondary N) is 2. The molecule has 2 heterocycles. The third-order valence-corrected chi connectivity index (χ3v) is 3.59. The molecule has 0 unspecified atom stereocenters. The number of carbonyl (C=O) groups is 3. The number of amides is 1. The van der Waals surface area contributed by atoms with Crippen molar-refractivity contribution in [3.63, 3.8) is 0 Å². The number of carbonyl (C=O) groups excluding carboxylic acids is 3. The number of ketones is 1. The Labute approximate surface area is 140 Å². The summed E-state index contributed by atoms with van der Waals surface area (Å²) in [7, 11) is 0. The van der Waals surface area contributed by atoms with E-state index in [0.29, 0.717) is 0 Å². The van der Waals surface area contributed by atoms with Crippen molar-refractivity contribution < 1.29 is 32.3 Å². The van der Waals surface area contributed by atoms with Crippen molar-refractivity contribution >= 4 is 17.7 Å². The van der Waals surface area contributed by atoms with Crippen LogP contribution in [0, 0.1) is 13.8 Å². The molecule has 1 aliphatic rings. The van der Waals surface area contributed by atoms with Gasteiger partial charge in [-0.05, 0) is 26.0 Å². The van der Waals surface area contributed by atoms with Crippen LogP contribution in [0.15, 0.2) is 17.8 Å². The van der Waals surface area contributed by atoms with Gasteiger partial charge in [-0.1, -0.05) is 0 Å². The van der Waals surface area contributed by atoms with Gasteiger partial charge in [0.1, 0.15) is 12.2 Å². The molecule has 0 spiro atoms. The maximum Gasteiger partial charge on any atom is 0.406 e. The summed E-state index contributed by atoms with van der Waals surface area (Å²) in [5, 5.41) is 0. The summed E-state index contributed by atoms with van der Waals surface area (Å²) in [6, 6.07) is 1.33. The van der Waals surface area contributed by atoms with Crippen LogP contribution >= 0.6 is 0 Å². The summed E-state index contributed by atoms with van der Waals surface area (Å²) in [5.41, 5.74) is 5.03. The van der Waals surface area contributed by atoms with Crippen LogP contribution in [0.1, 0.15) is 28.2 Å².